The fourth-order valence-electron chi connectivity index (χ4n) is 3.04. The molecule has 0 atom stereocenters. The third-order valence-corrected chi connectivity index (χ3v) is 4.22. The van der Waals surface area contributed by atoms with Crippen LogP contribution in [0.3, 0.4) is 0 Å². The van der Waals surface area contributed by atoms with Gasteiger partial charge in [0.25, 0.3) is 0 Å². The van der Waals surface area contributed by atoms with E-state index in [1.165, 1.54) is 11.8 Å². The smallest absolute Gasteiger partial charge is 0.244 e. The zero-order valence-corrected chi connectivity index (χ0v) is 15.2. The summed E-state index contributed by atoms with van der Waals surface area (Å²) in [7, 11) is 0. The molecule has 0 saturated heterocycles. The van der Waals surface area contributed by atoms with E-state index in [2.05, 4.69) is 5.32 Å². The van der Waals surface area contributed by atoms with Gasteiger partial charge >= 0.3 is 0 Å². The number of carbonyl (C=O) groups is 2. The molecule has 0 aliphatic carbocycles. The maximum absolute atomic E-state index is 12.5. The van der Waals surface area contributed by atoms with Gasteiger partial charge in [-0.15, -0.1) is 0 Å². The minimum atomic E-state index is -0.278. The van der Waals surface area contributed by atoms with Crippen molar-refractivity contribution in [2.24, 2.45) is 0 Å². The van der Waals surface area contributed by atoms with E-state index in [9.17, 15) is 9.59 Å². The highest BCUT2D eigenvalue weighted by Gasteiger charge is 2.20. The molecule has 0 spiro atoms. The van der Waals surface area contributed by atoms with Crippen LogP contribution in [0.5, 0.6) is 11.5 Å². The van der Waals surface area contributed by atoms with E-state index in [1.807, 2.05) is 32.0 Å². The number of aryl methyl sites for hydroxylation is 2. The van der Waals surface area contributed by atoms with Gasteiger partial charge in [-0.1, -0.05) is 18.2 Å². The summed E-state index contributed by atoms with van der Waals surface area (Å²) in [4.78, 5) is 26.1. The number of hydrogen-bond donors (Lipinski definition) is 1. The third-order valence-electron chi connectivity index (χ3n) is 4.22. The van der Waals surface area contributed by atoms with Gasteiger partial charge in [0, 0.05) is 18.7 Å². The third kappa shape index (κ3) is 3.79. The van der Waals surface area contributed by atoms with Crippen LogP contribution in [0.1, 0.15) is 18.1 Å². The van der Waals surface area contributed by atoms with Crippen molar-refractivity contribution in [2.75, 3.05) is 30.0 Å². The molecule has 1 aliphatic rings. The van der Waals surface area contributed by atoms with Crippen molar-refractivity contribution < 1.29 is 19.1 Å². The van der Waals surface area contributed by atoms with Crippen LogP contribution in [-0.2, 0) is 9.59 Å². The predicted octanol–water partition coefficient (Wildman–Crippen LogP) is 3.07. The number of benzene rings is 2. The summed E-state index contributed by atoms with van der Waals surface area (Å²) in [5.41, 5.74) is 3.28. The Morgan fingerprint density at radius 2 is 1.69 bits per heavy atom. The number of carbonyl (C=O) groups excluding carboxylic acids is 2. The molecule has 0 fully saturated rings. The largest absolute Gasteiger partial charge is 0.486 e. The lowest BCUT2D eigenvalue weighted by molar-refractivity contribution is -0.120. The van der Waals surface area contributed by atoms with E-state index in [1.54, 1.807) is 18.2 Å². The Morgan fingerprint density at radius 3 is 2.35 bits per heavy atom. The molecule has 0 bridgehead atoms. The van der Waals surface area contributed by atoms with Crippen LogP contribution in [-0.4, -0.2) is 31.6 Å². The SMILES string of the molecule is CC(=O)N(CC(=O)Nc1ccc2c(c1)OCCO2)c1c(C)cccc1C. The maximum atomic E-state index is 12.5. The summed E-state index contributed by atoms with van der Waals surface area (Å²) < 4.78 is 11.0. The normalized spacial score (nSPS) is 12.4. The second kappa shape index (κ2) is 7.47. The Morgan fingerprint density at radius 1 is 1.04 bits per heavy atom. The molecule has 0 aromatic heterocycles. The standard InChI is InChI=1S/C20H22N2O4/c1-13-5-4-6-14(2)20(13)22(15(3)23)12-19(24)21-16-7-8-17-18(11-16)26-10-9-25-17/h4-8,11H,9-10,12H2,1-3H3,(H,21,24). The van der Waals surface area contributed by atoms with Gasteiger partial charge in [0.1, 0.15) is 19.8 Å². The van der Waals surface area contributed by atoms with Crippen LogP contribution in [0.4, 0.5) is 11.4 Å². The van der Waals surface area contributed by atoms with Gasteiger partial charge in [-0.3, -0.25) is 9.59 Å². The van der Waals surface area contributed by atoms with Gasteiger partial charge in [-0.25, -0.2) is 0 Å². The van der Waals surface area contributed by atoms with Gasteiger partial charge < -0.3 is 19.7 Å². The molecule has 0 unspecified atom stereocenters. The van der Waals surface area contributed by atoms with E-state index in [0.717, 1.165) is 16.8 Å². The molecule has 2 aromatic rings. The van der Waals surface area contributed by atoms with Gasteiger partial charge in [0.15, 0.2) is 11.5 Å². The van der Waals surface area contributed by atoms with Crippen molar-refractivity contribution in [3.05, 3.63) is 47.5 Å². The predicted molar refractivity (Wildman–Crippen MR) is 100 cm³/mol. The van der Waals surface area contributed by atoms with Crippen LogP contribution in [0.2, 0.25) is 0 Å². The number of nitrogens with one attached hydrogen (secondary N) is 1. The lowest BCUT2D eigenvalue weighted by Crippen LogP contribution is -2.37. The Labute approximate surface area is 152 Å². The van der Waals surface area contributed by atoms with E-state index in [4.69, 9.17) is 9.47 Å². The van der Waals surface area contributed by atoms with Crippen LogP contribution < -0.4 is 19.7 Å². The number of rotatable bonds is 4. The van der Waals surface area contributed by atoms with Gasteiger partial charge in [-0.2, -0.15) is 0 Å². The van der Waals surface area contributed by atoms with Crippen molar-refractivity contribution in [3.8, 4) is 11.5 Å². The Balaban J connectivity index is 1.76. The molecule has 1 aliphatic heterocycles. The number of para-hydroxylation sites is 1. The number of anilines is 2. The molecule has 3 rings (SSSR count). The monoisotopic (exact) mass is 354 g/mol. The zero-order valence-electron chi connectivity index (χ0n) is 15.2. The highest BCUT2D eigenvalue weighted by Crippen LogP contribution is 2.32. The first-order chi connectivity index (χ1) is 12.5. The molecule has 1 N–H and O–H groups in total. The number of amides is 2. The molecule has 1 heterocycles. The van der Waals surface area contributed by atoms with Crippen molar-refractivity contribution in [1.82, 2.24) is 0 Å². The summed E-state index contributed by atoms with van der Waals surface area (Å²) in [6.07, 6.45) is 0. The Hall–Kier alpha value is -3.02. The average Bonchev–Trinajstić information content (AvgIpc) is 2.60. The highest BCUT2D eigenvalue weighted by molar-refractivity contribution is 6.02. The highest BCUT2D eigenvalue weighted by atomic mass is 16.6. The minimum Gasteiger partial charge on any atom is -0.486 e. The second-order valence-electron chi connectivity index (χ2n) is 6.25. The van der Waals surface area contributed by atoms with Crippen LogP contribution in [0.25, 0.3) is 0 Å². The number of hydrogen-bond acceptors (Lipinski definition) is 4. The molecule has 6 heteroatoms. The lowest BCUT2D eigenvalue weighted by Gasteiger charge is -2.24. The van der Waals surface area contributed by atoms with Crippen molar-refractivity contribution >= 4 is 23.2 Å². The van der Waals surface area contributed by atoms with Crippen molar-refractivity contribution in [3.63, 3.8) is 0 Å². The molecule has 6 nitrogen and oxygen atoms in total. The summed E-state index contributed by atoms with van der Waals surface area (Å²) in [6, 6.07) is 11.0. The fraction of sp³-hybridized carbons (Fsp3) is 0.300. The molecule has 0 saturated carbocycles. The molecular formula is C20H22N2O4. The van der Waals surface area contributed by atoms with E-state index in [0.29, 0.717) is 30.4 Å². The number of ether oxygens (including phenoxy) is 2. The van der Waals surface area contributed by atoms with E-state index in [-0.39, 0.29) is 18.4 Å². The van der Waals surface area contributed by atoms with Crippen LogP contribution in [0.15, 0.2) is 36.4 Å². The Kier molecular flexibility index (Phi) is 5.11. The summed E-state index contributed by atoms with van der Waals surface area (Å²) in [6.45, 7) is 6.25. The zero-order chi connectivity index (χ0) is 18.7. The molecule has 26 heavy (non-hydrogen) atoms. The first kappa shape index (κ1) is 17.8. The minimum absolute atomic E-state index is 0.0601. The van der Waals surface area contributed by atoms with E-state index < -0.39 is 0 Å². The first-order valence-corrected chi connectivity index (χ1v) is 8.49. The second-order valence-corrected chi connectivity index (χ2v) is 6.25. The quantitative estimate of drug-likeness (QED) is 0.916. The topological polar surface area (TPSA) is 67.9 Å². The van der Waals surface area contributed by atoms with Crippen LogP contribution in [0, 0.1) is 13.8 Å². The molecule has 2 aromatic carbocycles. The molecular weight excluding hydrogens is 332 g/mol. The Bertz CT molecular complexity index is 827. The van der Waals surface area contributed by atoms with Crippen molar-refractivity contribution in [2.45, 2.75) is 20.8 Å². The van der Waals surface area contributed by atoms with Gasteiger partial charge in [0.2, 0.25) is 11.8 Å². The molecule has 0 radical (unpaired) electrons. The summed E-state index contributed by atoms with van der Waals surface area (Å²) >= 11 is 0. The lowest BCUT2D eigenvalue weighted by atomic mass is 10.1. The van der Waals surface area contributed by atoms with Gasteiger partial charge in [-0.05, 0) is 37.1 Å². The average molecular weight is 354 g/mol. The van der Waals surface area contributed by atoms with E-state index >= 15 is 0 Å². The van der Waals surface area contributed by atoms with Crippen LogP contribution >= 0.6 is 0 Å². The summed E-state index contributed by atoms with van der Waals surface area (Å²) in [5, 5.41) is 2.82. The maximum Gasteiger partial charge on any atom is 0.244 e. The van der Waals surface area contributed by atoms with Crippen molar-refractivity contribution in [1.29, 1.82) is 0 Å². The molecule has 2 amide bonds. The van der Waals surface area contributed by atoms with Gasteiger partial charge in [0.05, 0.1) is 5.69 Å². The number of nitrogens with zero attached hydrogens (tertiary/aromatic N) is 1. The number of fused-ring (bicyclic) bond motifs is 1. The molecule has 136 valence electrons. The fourth-order valence-corrected chi connectivity index (χ4v) is 3.04. The first-order valence-electron chi connectivity index (χ1n) is 8.49. The summed E-state index contributed by atoms with van der Waals surface area (Å²) in [5.74, 6) is 0.807.